The van der Waals surface area contributed by atoms with E-state index in [1.54, 1.807) is 6.20 Å². The summed E-state index contributed by atoms with van der Waals surface area (Å²) in [5.74, 6) is 0.529. The highest BCUT2D eigenvalue weighted by atomic mass is 35.5. The molecule has 66 valence electrons. The van der Waals surface area contributed by atoms with Crippen LogP contribution in [0, 0.1) is 0 Å². The van der Waals surface area contributed by atoms with Crippen LogP contribution in [0.4, 0.5) is 5.82 Å². The summed E-state index contributed by atoms with van der Waals surface area (Å²) in [6.45, 7) is 2.00. The topological polar surface area (TPSA) is 50.9 Å². The van der Waals surface area contributed by atoms with Gasteiger partial charge in [-0.05, 0) is 20.0 Å². The van der Waals surface area contributed by atoms with Crippen LogP contribution in [0.3, 0.4) is 0 Å². The van der Waals surface area contributed by atoms with Crippen molar-refractivity contribution < 1.29 is 0 Å². The SMILES string of the molecule is CN[C@H](C)c1cc(Cl)cnc1N. The Kier molecular flexibility index (Phi) is 2.89. The van der Waals surface area contributed by atoms with Crippen LogP contribution >= 0.6 is 11.6 Å². The first-order valence-electron chi connectivity index (χ1n) is 3.73. The molecule has 4 heteroatoms. The van der Waals surface area contributed by atoms with E-state index >= 15 is 0 Å². The first kappa shape index (κ1) is 9.29. The zero-order chi connectivity index (χ0) is 9.14. The molecule has 1 aromatic heterocycles. The Balaban J connectivity index is 3.04. The van der Waals surface area contributed by atoms with Gasteiger partial charge in [-0.3, -0.25) is 0 Å². The Bertz CT molecular complexity index is 275. The first-order chi connectivity index (χ1) is 5.65. The molecule has 12 heavy (non-hydrogen) atoms. The number of rotatable bonds is 2. The molecule has 0 saturated carbocycles. The van der Waals surface area contributed by atoms with Gasteiger partial charge in [0.2, 0.25) is 0 Å². The molecule has 0 spiro atoms. The van der Waals surface area contributed by atoms with E-state index in [0.717, 1.165) is 5.56 Å². The minimum Gasteiger partial charge on any atom is -0.383 e. The van der Waals surface area contributed by atoms with Gasteiger partial charge in [0.25, 0.3) is 0 Å². The second kappa shape index (κ2) is 3.74. The highest BCUT2D eigenvalue weighted by Crippen LogP contribution is 2.20. The fourth-order valence-electron chi connectivity index (χ4n) is 0.968. The van der Waals surface area contributed by atoms with E-state index in [1.165, 1.54) is 0 Å². The van der Waals surface area contributed by atoms with E-state index < -0.39 is 0 Å². The largest absolute Gasteiger partial charge is 0.383 e. The maximum Gasteiger partial charge on any atom is 0.128 e. The number of aromatic nitrogens is 1. The zero-order valence-corrected chi connectivity index (χ0v) is 7.89. The molecule has 3 nitrogen and oxygen atoms in total. The van der Waals surface area contributed by atoms with Gasteiger partial charge in [-0.15, -0.1) is 0 Å². The van der Waals surface area contributed by atoms with E-state index in [0.29, 0.717) is 10.8 Å². The fourth-order valence-corrected chi connectivity index (χ4v) is 1.13. The summed E-state index contributed by atoms with van der Waals surface area (Å²) < 4.78 is 0. The van der Waals surface area contributed by atoms with Gasteiger partial charge >= 0.3 is 0 Å². The molecule has 0 radical (unpaired) electrons. The van der Waals surface area contributed by atoms with Gasteiger partial charge in [-0.2, -0.15) is 0 Å². The first-order valence-corrected chi connectivity index (χ1v) is 4.11. The molecule has 0 amide bonds. The van der Waals surface area contributed by atoms with Crippen LogP contribution in [0.5, 0.6) is 0 Å². The van der Waals surface area contributed by atoms with Crippen LogP contribution in [0.1, 0.15) is 18.5 Å². The molecule has 1 atom stereocenters. The Morgan fingerprint density at radius 2 is 2.33 bits per heavy atom. The molecule has 0 aliphatic rings. The van der Waals surface area contributed by atoms with Crippen molar-refractivity contribution >= 4 is 17.4 Å². The lowest BCUT2D eigenvalue weighted by atomic mass is 10.1. The lowest BCUT2D eigenvalue weighted by Gasteiger charge is -2.12. The second-order valence-corrected chi connectivity index (χ2v) is 3.07. The van der Waals surface area contributed by atoms with E-state index in [-0.39, 0.29) is 6.04 Å². The second-order valence-electron chi connectivity index (χ2n) is 2.64. The van der Waals surface area contributed by atoms with E-state index in [2.05, 4.69) is 10.3 Å². The summed E-state index contributed by atoms with van der Waals surface area (Å²) >= 11 is 5.77. The molecule has 0 aliphatic heterocycles. The summed E-state index contributed by atoms with van der Waals surface area (Å²) in [5, 5.41) is 3.68. The van der Waals surface area contributed by atoms with E-state index in [4.69, 9.17) is 17.3 Å². The number of hydrogen-bond acceptors (Lipinski definition) is 3. The Morgan fingerprint density at radius 1 is 1.67 bits per heavy atom. The summed E-state index contributed by atoms with van der Waals surface area (Å²) in [6, 6.07) is 2.00. The van der Waals surface area contributed by atoms with Crippen LogP contribution < -0.4 is 11.1 Å². The minimum atomic E-state index is 0.177. The third-order valence-corrected chi connectivity index (χ3v) is 2.02. The molecule has 0 unspecified atom stereocenters. The van der Waals surface area contributed by atoms with Gasteiger partial charge in [-0.1, -0.05) is 11.6 Å². The van der Waals surface area contributed by atoms with E-state index in [1.807, 2.05) is 20.0 Å². The average Bonchev–Trinajstić information content (AvgIpc) is 2.08. The van der Waals surface area contributed by atoms with Crippen molar-refractivity contribution in [3.8, 4) is 0 Å². The number of nitrogens with one attached hydrogen (secondary N) is 1. The smallest absolute Gasteiger partial charge is 0.128 e. The van der Waals surface area contributed by atoms with Crippen LogP contribution in [0.2, 0.25) is 5.02 Å². The number of hydrogen-bond donors (Lipinski definition) is 2. The molecule has 1 aromatic rings. The van der Waals surface area contributed by atoms with Crippen LogP contribution in [0.15, 0.2) is 12.3 Å². The highest BCUT2D eigenvalue weighted by Gasteiger charge is 2.07. The van der Waals surface area contributed by atoms with Crippen molar-refractivity contribution in [2.75, 3.05) is 12.8 Å². The monoisotopic (exact) mass is 185 g/mol. The maximum absolute atomic E-state index is 5.77. The molecule has 1 heterocycles. The molecule has 0 aliphatic carbocycles. The third kappa shape index (κ3) is 1.87. The summed E-state index contributed by atoms with van der Waals surface area (Å²) in [7, 11) is 1.87. The predicted octanol–water partition coefficient (Wildman–Crippen LogP) is 1.60. The predicted molar refractivity (Wildman–Crippen MR) is 51.1 cm³/mol. The van der Waals surface area contributed by atoms with Crippen LogP contribution in [-0.2, 0) is 0 Å². The molecule has 0 bridgehead atoms. The van der Waals surface area contributed by atoms with Gasteiger partial charge in [0, 0.05) is 17.8 Å². The lowest BCUT2D eigenvalue weighted by molar-refractivity contribution is 0.652. The van der Waals surface area contributed by atoms with Crippen molar-refractivity contribution in [2.24, 2.45) is 0 Å². The molecule has 0 saturated heterocycles. The Hall–Kier alpha value is -0.800. The summed E-state index contributed by atoms with van der Waals surface area (Å²) in [4.78, 5) is 3.95. The Labute approximate surface area is 76.9 Å². The minimum absolute atomic E-state index is 0.177. The number of nitrogens with zero attached hydrogens (tertiary/aromatic N) is 1. The van der Waals surface area contributed by atoms with Crippen molar-refractivity contribution in [2.45, 2.75) is 13.0 Å². The summed E-state index contributed by atoms with van der Waals surface area (Å²) in [6.07, 6.45) is 1.54. The van der Waals surface area contributed by atoms with Gasteiger partial charge in [-0.25, -0.2) is 4.98 Å². The van der Waals surface area contributed by atoms with E-state index in [9.17, 15) is 0 Å². The van der Waals surface area contributed by atoms with Gasteiger partial charge in [0.05, 0.1) is 5.02 Å². The average molecular weight is 186 g/mol. The molecule has 3 N–H and O–H groups in total. The van der Waals surface area contributed by atoms with Gasteiger partial charge in [0.1, 0.15) is 5.82 Å². The highest BCUT2D eigenvalue weighted by molar-refractivity contribution is 6.30. The summed E-state index contributed by atoms with van der Waals surface area (Å²) in [5.41, 5.74) is 6.59. The lowest BCUT2D eigenvalue weighted by Crippen LogP contribution is -2.14. The van der Waals surface area contributed by atoms with Crippen LogP contribution in [0.25, 0.3) is 0 Å². The third-order valence-electron chi connectivity index (χ3n) is 1.82. The number of anilines is 1. The standard InChI is InChI=1S/C8H12ClN3/c1-5(11-2)7-3-6(9)4-12-8(7)10/h3-5,11H,1-2H3,(H2,10,12)/t5-/m1/s1. The maximum atomic E-state index is 5.77. The Morgan fingerprint density at radius 3 is 2.92 bits per heavy atom. The number of nitrogen functional groups attached to an aromatic ring is 1. The number of pyridine rings is 1. The quantitative estimate of drug-likeness (QED) is 0.736. The number of halogens is 1. The van der Waals surface area contributed by atoms with Crippen molar-refractivity contribution in [3.63, 3.8) is 0 Å². The zero-order valence-electron chi connectivity index (χ0n) is 7.13. The van der Waals surface area contributed by atoms with Crippen molar-refractivity contribution in [1.82, 2.24) is 10.3 Å². The number of nitrogens with two attached hydrogens (primary N) is 1. The van der Waals surface area contributed by atoms with Crippen molar-refractivity contribution in [3.05, 3.63) is 22.8 Å². The molecular weight excluding hydrogens is 174 g/mol. The van der Waals surface area contributed by atoms with Gasteiger partial charge < -0.3 is 11.1 Å². The molecule has 0 aromatic carbocycles. The molecule has 1 rings (SSSR count). The van der Waals surface area contributed by atoms with Crippen LogP contribution in [-0.4, -0.2) is 12.0 Å². The molecular formula is C8H12ClN3. The van der Waals surface area contributed by atoms with Gasteiger partial charge in [0.15, 0.2) is 0 Å². The van der Waals surface area contributed by atoms with Crippen molar-refractivity contribution in [1.29, 1.82) is 0 Å². The normalized spacial score (nSPS) is 12.9. The fraction of sp³-hybridized carbons (Fsp3) is 0.375. The molecule has 0 fully saturated rings.